The normalized spacial score (nSPS) is 20.9. The van der Waals surface area contributed by atoms with E-state index in [9.17, 15) is 21.6 Å². The Labute approximate surface area is 206 Å². The summed E-state index contributed by atoms with van der Waals surface area (Å²) < 4.78 is 77.6. The Balaban J connectivity index is 1.41. The Morgan fingerprint density at radius 3 is 2.58 bits per heavy atom. The minimum absolute atomic E-state index is 0.152. The number of fused-ring (bicyclic) bond motifs is 2. The van der Waals surface area contributed by atoms with Crippen molar-refractivity contribution < 1.29 is 26.3 Å². The standard InChI is InChI=1S/C24H24F3N5O3S/c1-28-23-30-10-6-17(31-23)15-3-2-9-29-22(15)35-18-11-16(25)21(20(27)19(18)26)32-36(33,34)13-24-7-4-14(12-24)5-8-24/h2-3,6,9-11,14,32H,4-5,7-8,12-13H2,1H3,(H,28,30,31). The van der Waals surface area contributed by atoms with Crippen LogP contribution in [0.2, 0.25) is 0 Å². The van der Waals surface area contributed by atoms with E-state index in [0.717, 1.165) is 32.1 Å². The molecule has 0 unspecified atom stereocenters. The highest BCUT2D eigenvalue weighted by Crippen LogP contribution is 2.54. The summed E-state index contributed by atoms with van der Waals surface area (Å²) in [5, 5.41) is 2.79. The van der Waals surface area contributed by atoms with Gasteiger partial charge in [0.15, 0.2) is 17.4 Å². The molecule has 0 aliphatic heterocycles. The lowest BCUT2D eigenvalue weighted by Crippen LogP contribution is -2.30. The van der Waals surface area contributed by atoms with Crippen molar-refractivity contribution in [1.82, 2.24) is 15.0 Å². The van der Waals surface area contributed by atoms with Crippen molar-refractivity contribution in [2.75, 3.05) is 22.8 Å². The molecule has 12 heteroatoms. The number of pyridine rings is 1. The number of aromatic nitrogens is 3. The van der Waals surface area contributed by atoms with Gasteiger partial charge in [-0.25, -0.2) is 32.2 Å². The number of halogens is 3. The monoisotopic (exact) mass is 519 g/mol. The minimum atomic E-state index is -4.11. The van der Waals surface area contributed by atoms with Gasteiger partial charge in [0.05, 0.1) is 17.0 Å². The third-order valence-electron chi connectivity index (χ3n) is 6.90. The van der Waals surface area contributed by atoms with E-state index in [-0.39, 0.29) is 17.0 Å². The van der Waals surface area contributed by atoms with Crippen LogP contribution >= 0.6 is 0 Å². The lowest BCUT2D eigenvalue weighted by Gasteiger charge is -2.26. The summed E-state index contributed by atoms with van der Waals surface area (Å²) in [6, 6.07) is 5.34. The lowest BCUT2D eigenvalue weighted by molar-refractivity contribution is 0.334. The molecule has 0 saturated heterocycles. The van der Waals surface area contributed by atoms with Crippen LogP contribution in [0.1, 0.15) is 32.1 Å². The quantitative estimate of drug-likeness (QED) is 0.398. The molecule has 2 aliphatic carbocycles. The average Bonchev–Trinajstić information content (AvgIpc) is 3.45. The van der Waals surface area contributed by atoms with Gasteiger partial charge in [-0.05, 0) is 61.6 Å². The van der Waals surface area contributed by atoms with Crippen LogP contribution in [0.25, 0.3) is 11.3 Å². The summed E-state index contributed by atoms with van der Waals surface area (Å²) in [4.78, 5) is 12.3. The maximum Gasteiger partial charge on any atom is 0.233 e. The molecule has 2 heterocycles. The summed E-state index contributed by atoms with van der Waals surface area (Å²) >= 11 is 0. The van der Waals surface area contributed by atoms with Crippen molar-refractivity contribution in [2.45, 2.75) is 32.1 Å². The number of sulfonamides is 1. The van der Waals surface area contributed by atoms with Crippen molar-refractivity contribution in [2.24, 2.45) is 11.3 Å². The fourth-order valence-electron chi connectivity index (χ4n) is 5.25. The molecule has 8 nitrogen and oxygen atoms in total. The highest BCUT2D eigenvalue weighted by Gasteiger charge is 2.47. The molecule has 3 aromatic rings. The Morgan fingerprint density at radius 1 is 1.11 bits per heavy atom. The fraction of sp³-hybridized carbons (Fsp3) is 0.375. The van der Waals surface area contributed by atoms with Gasteiger partial charge < -0.3 is 10.1 Å². The van der Waals surface area contributed by atoms with E-state index < -0.39 is 38.9 Å². The maximum absolute atomic E-state index is 14.9. The highest BCUT2D eigenvalue weighted by atomic mass is 32.2. The van der Waals surface area contributed by atoms with Gasteiger partial charge in [0.2, 0.25) is 27.7 Å². The van der Waals surface area contributed by atoms with Crippen LogP contribution in [0.15, 0.2) is 36.7 Å². The first-order valence-corrected chi connectivity index (χ1v) is 13.2. The fourth-order valence-corrected chi connectivity index (χ4v) is 7.03. The van der Waals surface area contributed by atoms with E-state index in [1.807, 2.05) is 4.72 Å². The Bertz CT molecular complexity index is 1410. The van der Waals surface area contributed by atoms with Crippen LogP contribution in [0, 0.1) is 28.8 Å². The molecule has 0 spiro atoms. The van der Waals surface area contributed by atoms with Gasteiger partial charge in [0, 0.05) is 25.5 Å². The summed E-state index contributed by atoms with van der Waals surface area (Å²) in [5.41, 5.74) is -0.746. The zero-order valence-electron chi connectivity index (χ0n) is 19.4. The van der Waals surface area contributed by atoms with Crippen molar-refractivity contribution in [1.29, 1.82) is 0 Å². The molecule has 2 aliphatic rings. The number of rotatable bonds is 8. The molecule has 0 amide bonds. The van der Waals surface area contributed by atoms with Crippen molar-refractivity contribution >= 4 is 21.7 Å². The maximum atomic E-state index is 14.9. The third-order valence-corrected chi connectivity index (χ3v) is 8.41. The van der Waals surface area contributed by atoms with Crippen molar-refractivity contribution in [3.8, 4) is 22.9 Å². The van der Waals surface area contributed by atoms with Crippen molar-refractivity contribution in [3.63, 3.8) is 0 Å². The smallest absolute Gasteiger partial charge is 0.233 e. The second-order valence-corrected chi connectivity index (χ2v) is 11.1. The molecule has 2 N–H and O–H groups in total. The molecule has 2 saturated carbocycles. The van der Waals surface area contributed by atoms with Crippen molar-refractivity contribution in [3.05, 3.63) is 54.1 Å². The number of benzene rings is 1. The van der Waals surface area contributed by atoms with Crippen LogP contribution in [0.4, 0.5) is 24.8 Å². The van der Waals surface area contributed by atoms with Gasteiger partial charge in [-0.15, -0.1) is 0 Å². The molecule has 2 aromatic heterocycles. The summed E-state index contributed by atoms with van der Waals surface area (Å²) in [5.74, 6) is -4.93. The van der Waals surface area contributed by atoms with Crippen LogP contribution < -0.4 is 14.8 Å². The Hall–Kier alpha value is -3.41. The van der Waals surface area contributed by atoms with E-state index >= 15 is 0 Å². The van der Waals surface area contributed by atoms with E-state index in [2.05, 4.69) is 20.3 Å². The van der Waals surface area contributed by atoms with Crippen LogP contribution in [0.3, 0.4) is 0 Å². The minimum Gasteiger partial charge on any atom is -0.435 e. The zero-order valence-corrected chi connectivity index (χ0v) is 20.2. The van der Waals surface area contributed by atoms with Gasteiger partial charge in [-0.1, -0.05) is 0 Å². The predicted molar refractivity (Wildman–Crippen MR) is 128 cm³/mol. The van der Waals surface area contributed by atoms with Gasteiger partial charge >= 0.3 is 0 Å². The van der Waals surface area contributed by atoms with E-state index in [4.69, 9.17) is 4.74 Å². The summed E-state index contributed by atoms with van der Waals surface area (Å²) in [7, 11) is -2.48. The van der Waals surface area contributed by atoms with E-state index in [0.29, 0.717) is 29.2 Å². The molecule has 1 aromatic carbocycles. The average molecular weight is 520 g/mol. The van der Waals surface area contributed by atoms with Gasteiger partial charge in [-0.3, -0.25) is 4.72 Å². The summed E-state index contributed by atoms with van der Waals surface area (Å²) in [6.07, 6.45) is 7.08. The highest BCUT2D eigenvalue weighted by molar-refractivity contribution is 7.92. The topological polar surface area (TPSA) is 106 Å². The number of ether oxygens (including phenoxy) is 1. The summed E-state index contributed by atoms with van der Waals surface area (Å²) in [6.45, 7) is 0. The first-order chi connectivity index (χ1) is 17.2. The molecule has 36 heavy (non-hydrogen) atoms. The SMILES string of the molecule is CNc1nccc(-c2cccnc2Oc2cc(F)c(NS(=O)(=O)CC34CCC(CC3)C4)c(F)c2F)n1. The third kappa shape index (κ3) is 4.69. The van der Waals surface area contributed by atoms with E-state index in [1.54, 1.807) is 25.2 Å². The molecule has 2 bridgehead atoms. The number of nitrogens with zero attached hydrogens (tertiary/aromatic N) is 3. The first-order valence-electron chi connectivity index (χ1n) is 11.5. The van der Waals surface area contributed by atoms with Crippen LogP contribution in [-0.2, 0) is 10.0 Å². The molecular weight excluding hydrogens is 495 g/mol. The molecule has 190 valence electrons. The Morgan fingerprint density at radius 2 is 1.89 bits per heavy atom. The van der Waals surface area contributed by atoms with Gasteiger partial charge in [-0.2, -0.15) is 4.39 Å². The molecule has 2 fully saturated rings. The molecule has 5 rings (SSSR count). The number of anilines is 2. The van der Waals surface area contributed by atoms with Gasteiger partial charge in [0.25, 0.3) is 0 Å². The molecule has 0 atom stereocenters. The largest absolute Gasteiger partial charge is 0.435 e. The number of hydrogen-bond donors (Lipinski definition) is 2. The second-order valence-electron chi connectivity index (χ2n) is 9.34. The van der Waals surface area contributed by atoms with Crippen LogP contribution in [-0.4, -0.2) is 36.2 Å². The Kier molecular flexibility index (Phi) is 6.23. The second kappa shape index (κ2) is 9.23. The predicted octanol–water partition coefficient (Wildman–Crippen LogP) is 5.11. The number of nitrogens with one attached hydrogen (secondary N) is 2. The lowest BCUT2D eigenvalue weighted by atomic mass is 9.87. The van der Waals surface area contributed by atoms with Gasteiger partial charge in [0.1, 0.15) is 5.69 Å². The first kappa shape index (κ1) is 24.3. The van der Waals surface area contributed by atoms with E-state index in [1.165, 1.54) is 12.4 Å². The van der Waals surface area contributed by atoms with Crippen LogP contribution in [0.5, 0.6) is 11.6 Å². The number of hydrogen-bond acceptors (Lipinski definition) is 7. The zero-order chi connectivity index (χ0) is 25.5. The molecule has 0 radical (unpaired) electrons. The molecular formula is C24H24F3N5O3S.